The summed E-state index contributed by atoms with van der Waals surface area (Å²) in [4.78, 5) is 0. The van der Waals surface area contributed by atoms with Gasteiger partial charge in [-0.2, -0.15) is 0 Å². The van der Waals surface area contributed by atoms with E-state index in [1.807, 2.05) is 6.07 Å². The molecule has 2 heteroatoms. The van der Waals surface area contributed by atoms with Crippen LogP contribution in [0.2, 0.25) is 5.02 Å². The van der Waals surface area contributed by atoms with Crippen molar-refractivity contribution in [2.45, 2.75) is 45.1 Å². The van der Waals surface area contributed by atoms with Crippen LogP contribution in [0.25, 0.3) is 0 Å². The summed E-state index contributed by atoms with van der Waals surface area (Å²) < 4.78 is 0. The Kier molecular flexibility index (Phi) is 3.63. The smallest absolute Gasteiger partial charge is 0.0408 e. The zero-order valence-corrected chi connectivity index (χ0v) is 11.8. The van der Waals surface area contributed by atoms with Crippen LogP contribution >= 0.6 is 11.6 Å². The lowest BCUT2D eigenvalue weighted by atomic mass is 9.97. The molecule has 2 aliphatic rings. The summed E-state index contributed by atoms with van der Waals surface area (Å²) in [5.41, 5.74) is 2.92. The molecule has 1 N–H and O–H groups in total. The molecule has 1 nitrogen and oxygen atoms in total. The molecular weight excluding hydrogens is 242 g/mol. The van der Waals surface area contributed by atoms with Crippen molar-refractivity contribution >= 4 is 11.6 Å². The SMILES string of the molecule is CC1CCCC1CNC1CCc2cc(Cl)ccc21. The highest BCUT2D eigenvalue weighted by atomic mass is 35.5. The highest BCUT2D eigenvalue weighted by Gasteiger charge is 2.26. The number of fused-ring (bicyclic) bond motifs is 1. The van der Waals surface area contributed by atoms with Gasteiger partial charge in [-0.1, -0.05) is 37.4 Å². The molecule has 3 atom stereocenters. The molecule has 0 saturated heterocycles. The highest BCUT2D eigenvalue weighted by Crippen LogP contribution is 2.35. The normalized spacial score (nSPS) is 30.7. The third-order valence-electron chi connectivity index (χ3n) is 4.85. The number of halogens is 1. The quantitative estimate of drug-likeness (QED) is 0.855. The van der Waals surface area contributed by atoms with Crippen molar-refractivity contribution in [1.82, 2.24) is 5.32 Å². The van der Waals surface area contributed by atoms with Gasteiger partial charge in [0.25, 0.3) is 0 Å². The van der Waals surface area contributed by atoms with Gasteiger partial charge in [0.05, 0.1) is 0 Å². The lowest BCUT2D eigenvalue weighted by molar-refractivity contribution is 0.367. The van der Waals surface area contributed by atoms with E-state index in [0.717, 1.165) is 16.9 Å². The summed E-state index contributed by atoms with van der Waals surface area (Å²) in [5, 5.41) is 4.66. The van der Waals surface area contributed by atoms with Crippen molar-refractivity contribution in [2.75, 3.05) is 6.54 Å². The molecular formula is C16H22ClN. The average molecular weight is 264 g/mol. The Morgan fingerprint density at radius 1 is 1.28 bits per heavy atom. The van der Waals surface area contributed by atoms with Crippen LogP contribution in [0.15, 0.2) is 18.2 Å². The summed E-state index contributed by atoms with van der Waals surface area (Å²) in [7, 11) is 0. The molecule has 0 heterocycles. The first kappa shape index (κ1) is 12.5. The van der Waals surface area contributed by atoms with Gasteiger partial charge in [-0.25, -0.2) is 0 Å². The third kappa shape index (κ3) is 2.44. The number of benzene rings is 1. The molecule has 3 rings (SSSR count). The molecule has 0 spiro atoms. The van der Waals surface area contributed by atoms with E-state index in [4.69, 9.17) is 11.6 Å². The van der Waals surface area contributed by atoms with Gasteiger partial charge in [-0.15, -0.1) is 0 Å². The first-order valence-electron chi connectivity index (χ1n) is 7.26. The van der Waals surface area contributed by atoms with Gasteiger partial charge in [0.1, 0.15) is 0 Å². The van der Waals surface area contributed by atoms with Crippen molar-refractivity contribution in [2.24, 2.45) is 11.8 Å². The Balaban J connectivity index is 1.62. The summed E-state index contributed by atoms with van der Waals surface area (Å²) in [6, 6.07) is 6.93. The van der Waals surface area contributed by atoms with Gasteiger partial charge < -0.3 is 5.32 Å². The van der Waals surface area contributed by atoms with Crippen LogP contribution in [-0.4, -0.2) is 6.54 Å². The second-order valence-corrected chi connectivity index (χ2v) is 6.45. The van der Waals surface area contributed by atoms with Crippen molar-refractivity contribution in [3.05, 3.63) is 34.3 Å². The van der Waals surface area contributed by atoms with E-state index in [1.165, 1.54) is 49.8 Å². The van der Waals surface area contributed by atoms with E-state index in [0.29, 0.717) is 6.04 Å². The molecule has 0 aromatic heterocycles. The second-order valence-electron chi connectivity index (χ2n) is 6.01. The van der Waals surface area contributed by atoms with Gasteiger partial charge in [0.2, 0.25) is 0 Å². The van der Waals surface area contributed by atoms with Crippen molar-refractivity contribution in [3.63, 3.8) is 0 Å². The molecule has 1 aromatic carbocycles. The predicted octanol–water partition coefficient (Wildman–Crippen LogP) is 4.35. The van der Waals surface area contributed by atoms with Crippen LogP contribution < -0.4 is 5.32 Å². The maximum atomic E-state index is 6.05. The van der Waals surface area contributed by atoms with E-state index in [-0.39, 0.29) is 0 Å². The van der Waals surface area contributed by atoms with E-state index < -0.39 is 0 Å². The average Bonchev–Trinajstić information content (AvgIpc) is 2.93. The lowest BCUT2D eigenvalue weighted by Crippen LogP contribution is -2.27. The minimum absolute atomic E-state index is 0.560. The zero-order valence-electron chi connectivity index (χ0n) is 11.1. The number of nitrogens with one attached hydrogen (secondary N) is 1. The first-order chi connectivity index (χ1) is 8.74. The van der Waals surface area contributed by atoms with Crippen LogP contribution in [0.5, 0.6) is 0 Å². The third-order valence-corrected chi connectivity index (χ3v) is 5.08. The van der Waals surface area contributed by atoms with Crippen LogP contribution in [0.1, 0.15) is 49.8 Å². The maximum Gasteiger partial charge on any atom is 0.0408 e. The van der Waals surface area contributed by atoms with Crippen LogP contribution in [0, 0.1) is 11.8 Å². The Bertz CT molecular complexity index is 429. The monoisotopic (exact) mass is 263 g/mol. The fourth-order valence-electron chi connectivity index (χ4n) is 3.62. The van der Waals surface area contributed by atoms with E-state index in [2.05, 4.69) is 24.4 Å². The van der Waals surface area contributed by atoms with Gasteiger partial charge in [0, 0.05) is 11.1 Å². The molecule has 1 saturated carbocycles. The molecule has 0 bridgehead atoms. The molecule has 3 unspecified atom stereocenters. The minimum Gasteiger partial charge on any atom is -0.310 e. The van der Waals surface area contributed by atoms with Crippen LogP contribution in [0.4, 0.5) is 0 Å². The number of rotatable bonds is 3. The standard InChI is InChI=1S/C16H22ClN/c1-11-3-2-4-13(11)10-18-16-8-5-12-9-14(17)6-7-15(12)16/h6-7,9,11,13,16,18H,2-5,8,10H2,1H3. The molecule has 18 heavy (non-hydrogen) atoms. The van der Waals surface area contributed by atoms with Crippen LogP contribution in [-0.2, 0) is 6.42 Å². The first-order valence-corrected chi connectivity index (χ1v) is 7.63. The largest absolute Gasteiger partial charge is 0.310 e. The van der Waals surface area contributed by atoms with Crippen molar-refractivity contribution < 1.29 is 0 Å². The predicted molar refractivity (Wildman–Crippen MR) is 77.0 cm³/mol. The summed E-state index contributed by atoms with van der Waals surface area (Å²) in [6.45, 7) is 3.59. The van der Waals surface area contributed by atoms with Gasteiger partial charge in [0.15, 0.2) is 0 Å². The molecule has 2 aliphatic carbocycles. The number of aryl methyl sites for hydroxylation is 1. The fraction of sp³-hybridized carbons (Fsp3) is 0.625. The van der Waals surface area contributed by atoms with Gasteiger partial charge >= 0.3 is 0 Å². The topological polar surface area (TPSA) is 12.0 Å². The molecule has 1 fully saturated rings. The Hall–Kier alpha value is -0.530. The summed E-state index contributed by atoms with van der Waals surface area (Å²) >= 11 is 6.05. The van der Waals surface area contributed by atoms with Crippen molar-refractivity contribution in [1.29, 1.82) is 0 Å². The molecule has 98 valence electrons. The molecule has 0 amide bonds. The fourth-order valence-corrected chi connectivity index (χ4v) is 3.81. The van der Waals surface area contributed by atoms with E-state index in [1.54, 1.807) is 0 Å². The van der Waals surface area contributed by atoms with Gasteiger partial charge in [-0.05, 0) is 60.9 Å². The van der Waals surface area contributed by atoms with E-state index >= 15 is 0 Å². The lowest BCUT2D eigenvalue weighted by Gasteiger charge is -2.20. The Morgan fingerprint density at radius 3 is 2.94 bits per heavy atom. The molecule has 0 radical (unpaired) electrons. The molecule has 1 aromatic rings. The minimum atomic E-state index is 0.560. The Labute approximate surface area is 115 Å². The number of hydrogen-bond donors (Lipinski definition) is 1. The Morgan fingerprint density at radius 2 is 2.17 bits per heavy atom. The van der Waals surface area contributed by atoms with Gasteiger partial charge in [-0.3, -0.25) is 0 Å². The van der Waals surface area contributed by atoms with E-state index in [9.17, 15) is 0 Å². The summed E-state index contributed by atoms with van der Waals surface area (Å²) in [6.07, 6.45) is 6.66. The van der Waals surface area contributed by atoms with Crippen LogP contribution in [0.3, 0.4) is 0 Å². The number of hydrogen-bond acceptors (Lipinski definition) is 1. The maximum absolute atomic E-state index is 6.05. The zero-order chi connectivity index (χ0) is 12.5. The summed E-state index contributed by atoms with van der Waals surface area (Å²) in [5.74, 6) is 1.80. The van der Waals surface area contributed by atoms with Crippen molar-refractivity contribution in [3.8, 4) is 0 Å². The highest BCUT2D eigenvalue weighted by molar-refractivity contribution is 6.30. The molecule has 0 aliphatic heterocycles. The second kappa shape index (κ2) is 5.22.